The smallest absolute Gasteiger partial charge is 0.272 e. The first-order chi connectivity index (χ1) is 20.2. The van der Waals surface area contributed by atoms with Gasteiger partial charge in [0.1, 0.15) is 5.70 Å². The summed E-state index contributed by atoms with van der Waals surface area (Å²) in [6.45, 7) is 3.90. The Hall–Kier alpha value is -4.04. The Kier molecular flexibility index (Phi) is 10.8. The molecule has 4 aromatic carbocycles. The van der Waals surface area contributed by atoms with Crippen LogP contribution < -0.4 is 16.0 Å². The Morgan fingerprint density at radius 1 is 0.857 bits per heavy atom. The van der Waals surface area contributed by atoms with Crippen molar-refractivity contribution in [2.75, 3.05) is 10.6 Å². The van der Waals surface area contributed by atoms with E-state index in [1.54, 1.807) is 66.7 Å². The number of rotatable bonds is 10. The van der Waals surface area contributed by atoms with Crippen LogP contribution in [0, 0.1) is 6.92 Å². The summed E-state index contributed by atoms with van der Waals surface area (Å²) in [4.78, 5) is 40.1. The molecule has 0 aliphatic rings. The summed E-state index contributed by atoms with van der Waals surface area (Å²) in [5, 5.41) is 8.92. The number of nitrogens with one attached hydrogen (secondary N) is 3. The van der Waals surface area contributed by atoms with Gasteiger partial charge in [0.2, 0.25) is 5.91 Å². The number of carbonyl (C=O) groups is 3. The van der Waals surface area contributed by atoms with E-state index in [4.69, 9.17) is 23.2 Å². The molecule has 3 amide bonds. The quantitative estimate of drug-likeness (QED) is 0.124. The van der Waals surface area contributed by atoms with Gasteiger partial charge in [0.05, 0.1) is 16.0 Å². The average molecular weight is 619 g/mol. The first kappa shape index (κ1) is 30.9. The fourth-order valence-electron chi connectivity index (χ4n) is 3.91. The largest absolute Gasteiger partial charge is 0.324 e. The minimum atomic E-state index is -0.482. The maximum atomic E-state index is 13.4. The van der Waals surface area contributed by atoms with Crippen LogP contribution >= 0.6 is 35.0 Å². The van der Waals surface area contributed by atoms with E-state index in [0.29, 0.717) is 33.4 Å². The van der Waals surface area contributed by atoms with Crippen LogP contribution in [0.1, 0.15) is 34.8 Å². The van der Waals surface area contributed by atoms with E-state index in [2.05, 4.69) is 16.0 Å². The Labute approximate surface area is 259 Å². The highest BCUT2D eigenvalue weighted by Gasteiger charge is 2.20. The van der Waals surface area contributed by atoms with Gasteiger partial charge in [0.25, 0.3) is 11.8 Å². The number of carbonyl (C=O) groups excluding carboxylic acids is 3. The summed E-state index contributed by atoms with van der Waals surface area (Å²) in [5.74, 6) is -1.08. The van der Waals surface area contributed by atoms with Crippen molar-refractivity contribution in [3.05, 3.63) is 129 Å². The van der Waals surface area contributed by atoms with Gasteiger partial charge in [-0.1, -0.05) is 84.2 Å². The highest BCUT2D eigenvalue weighted by molar-refractivity contribution is 8.00. The molecule has 6 nitrogen and oxygen atoms in total. The molecule has 42 heavy (non-hydrogen) atoms. The van der Waals surface area contributed by atoms with E-state index in [1.807, 2.05) is 50.2 Å². The molecule has 9 heteroatoms. The van der Waals surface area contributed by atoms with Gasteiger partial charge >= 0.3 is 0 Å². The Morgan fingerprint density at radius 3 is 2.29 bits per heavy atom. The van der Waals surface area contributed by atoms with Gasteiger partial charge in [-0.25, -0.2) is 0 Å². The van der Waals surface area contributed by atoms with Gasteiger partial charge < -0.3 is 16.0 Å². The summed E-state index contributed by atoms with van der Waals surface area (Å²) < 4.78 is 0. The van der Waals surface area contributed by atoms with Crippen LogP contribution in [-0.2, 0) is 9.59 Å². The van der Waals surface area contributed by atoms with Crippen molar-refractivity contribution in [3.8, 4) is 0 Å². The number of amides is 3. The standard InChI is InChI=1S/C33H29Cl2N3O3S/c1-3-30(33(41)37-28-17-16-24(34)19-27(28)35)42-26-11-7-10-25(20-26)36-32(40)29(18-22-14-12-21(2)13-15-22)38-31(39)23-8-5-4-6-9-23/h4-20,30H,3H2,1-2H3,(H,36,40)(H,37,41)(H,38,39)/b29-18-. The molecule has 1 atom stereocenters. The molecule has 0 spiro atoms. The zero-order valence-corrected chi connectivity index (χ0v) is 25.3. The molecular formula is C33H29Cl2N3O3S. The van der Waals surface area contributed by atoms with Crippen molar-refractivity contribution in [1.82, 2.24) is 5.32 Å². The lowest BCUT2D eigenvalue weighted by atomic mass is 10.1. The van der Waals surface area contributed by atoms with Crippen molar-refractivity contribution in [2.45, 2.75) is 30.4 Å². The molecule has 0 aliphatic heterocycles. The molecule has 4 aromatic rings. The number of hydrogen-bond donors (Lipinski definition) is 3. The highest BCUT2D eigenvalue weighted by Crippen LogP contribution is 2.30. The van der Waals surface area contributed by atoms with Crippen molar-refractivity contribution in [3.63, 3.8) is 0 Å². The van der Waals surface area contributed by atoms with E-state index in [1.165, 1.54) is 11.8 Å². The Bertz CT molecular complexity index is 1610. The van der Waals surface area contributed by atoms with E-state index < -0.39 is 17.1 Å². The van der Waals surface area contributed by atoms with Gasteiger partial charge in [-0.2, -0.15) is 0 Å². The van der Waals surface area contributed by atoms with Crippen LogP contribution in [0.15, 0.2) is 108 Å². The van der Waals surface area contributed by atoms with Gasteiger partial charge in [-0.05, 0) is 73.5 Å². The predicted octanol–water partition coefficient (Wildman–Crippen LogP) is 8.22. The molecule has 0 bridgehead atoms. The van der Waals surface area contributed by atoms with Crippen molar-refractivity contribution in [1.29, 1.82) is 0 Å². The maximum Gasteiger partial charge on any atom is 0.272 e. The number of aryl methyl sites for hydroxylation is 1. The highest BCUT2D eigenvalue weighted by atomic mass is 35.5. The second-order valence-corrected chi connectivity index (χ2v) is 11.5. The van der Waals surface area contributed by atoms with Crippen LogP contribution in [-0.4, -0.2) is 23.0 Å². The van der Waals surface area contributed by atoms with Crippen LogP contribution in [0.3, 0.4) is 0 Å². The molecule has 0 saturated heterocycles. The van der Waals surface area contributed by atoms with E-state index in [9.17, 15) is 14.4 Å². The van der Waals surface area contributed by atoms with Gasteiger partial charge in [-0.3, -0.25) is 14.4 Å². The number of hydrogen-bond acceptors (Lipinski definition) is 4. The van der Waals surface area contributed by atoms with Crippen LogP contribution in [0.5, 0.6) is 0 Å². The zero-order chi connectivity index (χ0) is 30.1. The van der Waals surface area contributed by atoms with E-state index in [0.717, 1.165) is 16.0 Å². The SMILES string of the molecule is CCC(Sc1cccc(NC(=O)/C(=C/c2ccc(C)cc2)NC(=O)c2ccccc2)c1)C(=O)Nc1ccc(Cl)cc1Cl. The summed E-state index contributed by atoms with van der Waals surface area (Å²) in [6, 6.07) is 28.4. The molecule has 0 radical (unpaired) electrons. The second-order valence-electron chi connectivity index (χ2n) is 9.40. The summed E-state index contributed by atoms with van der Waals surface area (Å²) in [5.41, 5.74) is 3.37. The molecule has 0 aromatic heterocycles. The Morgan fingerprint density at radius 2 is 1.60 bits per heavy atom. The molecular weight excluding hydrogens is 589 g/mol. The fourth-order valence-corrected chi connectivity index (χ4v) is 5.38. The van der Waals surface area contributed by atoms with E-state index >= 15 is 0 Å². The molecule has 214 valence electrons. The summed E-state index contributed by atoms with van der Waals surface area (Å²) in [7, 11) is 0. The average Bonchev–Trinajstić information content (AvgIpc) is 2.98. The number of anilines is 2. The lowest BCUT2D eigenvalue weighted by Gasteiger charge is -2.16. The molecule has 0 heterocycles. The summed E-state index contributed by atoms with van der Waals surface area (Å²) in [6.07, 6.45) is 2.20. The van der Waals surface area contributed by atoms with Crippen molar-refractivity contribution in [2.24, 2.45) is 0 Å². The number of thioether (sulfide) groups is 1. The molecule has 0 aliphatic carbocycles. The first-order valence-electron chi connectivity index (χ1n) is 13.2. The van der Waals surface area contributed by atoms with Crippen LogP contribution in [0.2, 0.25) is 10.0 Å². The number of halogens is 2. The lowest BCUT2D eigenvalue weighted by Crippen LogP contribution is -2.30. The topological polar surface area (TPSA) is 87.3 Å². The fraction of sp³-hybridized carbons (Fsp3) is 0.121. The van der Waals surface area contributed by atoms with Gasteiger partial charge in [-0.15, -0.1) is 11.8 Å². The normalized spacial score (nSPS) is 11.9. The molecule has 4 rings (SSSR count). The van der Waals surface area contributed by atoms with Crippen molar-refractivity contribution < 1.29 is 14.4 Å². The maximum absolute atomic E-state index is 13.4. The van der Waals surface area contributed by atoms with E-state index in [-0.39, 0.29) is 11.6 Å². The Balaban J connectivity index is 1.50. The monoisotopic (exact) mass is 617 g/mol. The third-order valence-electron chi connectivity index (χ3n) is 6.14. The molecule has 1 unspecified atom stereocenters. The zero-order valence-electron chi connectivity index (χ0n) is 23.0. The van der Waals surface area contributed by atoms with Crippen LogP contribution in [0.25, 0.3) is 6.08 Å². The minimum Gasteiger partial charge on any atom is -0.324 e. The molecule has 0 fully saturated rings. The predicted molar refractivity (Wildman–Crippen MR) is 173 cm³/mol. The van der Waals surface area contributed by atoms with Crippen LogP contribution in [0.4, 0.5) is 11.4 Å². The lowest BCUT2D eigenvalue weighted by molar-refractivity contribution is -0.116. The second kappa shape index (κ2) is 14.7. The minimum absolute atomic E-state index is 0.0939. The first-order valence-corrected chi connectivity index (χ1v) is 14.8. The summed E-state index contributed by atoms with van der Waals surface area (Å²) >= 11 is 13.6. The van der Waals surface area contributed by atoms with Gasteiger partial charge in [0, 0.05) is 21.2 Å². The van der Waals surface area contributed by atoms with Crippen molar-refractivity contribution >= 4 is 70.1 Å². The van der Waals surface area contributed by atoms with Gasteiger partial charge in [0.15, 0.2) is 0 Å². The molecule has 3 N–H and O–H groups in total. The third-order valence-corrected chi connectivity index (χ3v) is 8.05. The third kappa shape index (κ3) is 8.73. The molecule has 0 saturated carbocycles. The number of benzene rings is 4.